The van der Waals surface area contributed by atoms with Gasteiger partial charge in [-0.1, -0.05) is 11.8 Å². The van der Waals surface area contributed by atoms with Gasteiger partial charge in [-0.3, -0.25) is 5.32 Å². The maximum atomic E-state index is 10.7. The molecule has 0 aliphatic rings. The van der Waals surface area contributed by atoms with Crippen LogP contribution in [0.25, 0.3) is 0 Å². The molecular formula is C5H8N4O2S. The van der Waals surface area contributed by atoms with Crippen molar-refractivity contribution in [2.45, 2.75) is 5.16 Å². The molecule has 1 heterocycles. The van der Waals surface area contributed by atoms with E-state index in [-0.39, 0.29) is 5.95 Å². The summed E-state index contributed by atoms with van der Waals surface area (Å²) in [6.07, 6.45) is 1.27. The zero-order chi connectivity index (χ0) is 8.97. The molecule has 1 rings (SSSR count). The minimum atomic E-state index is -0.571. The van der Waals surface area contributed by atoms with Gasteiger partial charge in [-0.15, -0.1) is 5.10 Å². The van der Waals surface area contributed by atoms with Gasteiger partial charge in [0.2, 0.25) is 11.1 Å². The fourth-order valence-corrected chi connectivity index (χ4v) is 0.861. The van der Waals surface area contributed by atoms with Crippen LogP contribution in [-0.2, 0) is 4.74 Å². The third-order valence-corrected chi connectivity index (χ3v) is 1.60. The van der Waals surface area contributed by atoms with Crippen molar-refractivity contribution in [1.82, 2.24) is 15.2 Å². The first-order valence-electron chi connectivity index (χ1n) is 3.07. The van der Waals surface area contributed by atoms with Crippen LogP contribution in [-0.4, -0.2) is 34.6 Å². The SMILES string of the molecule is COC(=O)Nc1nc(SC)n[nH]1. The van der Waals surface area contributed by atoms with E-state index in [1.54, 1.807) is 0 Å². The van der Waals surface area contributed by atoms with Crippen molar-refractivity contribution < 1.29 is 9.53 Å². The molecule has 1 aromatic heterocycles. The minimum absolute atomic E-state index is 0.284. The Kier molecular flexibility index (Phi) is 2.92. The Morgan fingerprint density at radius 2 is 2.50 bits per heavy atom. The molecule has 1 amide bonds. The number of methoxy groups -OCH3 is 1. The van der Waals surface area contributed by atoms with Crippen LogP contribution >= 0.6 is 11.8 Å². The second kappa shape index (κ2) is 3.96. The van der Waals surface area contributed by atoms with Crippen LogP contribution in [0.1, 0.15) is 0 Å². The fraction of sp³-hybridized carbons (Fsp3) is 0.400. The van der Waals surface area contributed by atoms with Gasteiger partial charge in [0.15, 0.2) is 0 Å². The molecule has 66 valence electrons. The van der Waals surface area contributed by atoms with Crippen molar-refractivity contribution in [2.75, 3.05) is 18.7 Å². The number of aromatic nitrogens is 3. The van der Waals surface area contributed by atoms with Gasteiger partial charge in [0.25, 0.3) is 0 Å². The average Bonchev–Trinajstić information content (AvgIpc) is 2.52. The highest BCUT2D eigenvalue weighted by molar-refractivity contribution is 7.98. The molecule has 2 N–H and O–H groups in total. The fourth-order valence-electron chi connectivity index (χ4n) is 0.541. The van der Waals surface area contributed by atoms with Gasteiger partial charge >= 0.3 is 6.09 Å². The van der Waals surface area contributed by atoms with Crippen LogP contribution < -0.4 is 5.32 Å². The first-order valence-corrected chi connectivity index (χ1v) is 4.30. The molecule has 0 radical (unpaired) electrons. The Bertz CT molecular complexity index is 274. The highest BCUT2D eigenvalue weighted by Gasteiger charge is 2.04. The summed E-state index contributed by atoms with van der Waals surface area (Å²) in [5.41, 5.74) is 0. The number of anilines is 1. The predicted molar refractivity (Wildman–Crippen MR) is 44.2 cm³/mol. The number of aromatic amines is 1. The molecule has 0 unspecified atom stereocenters. The van der Waals surface area contributed by atoms with Crippen molar-refractivity contribution in [2.24, 2.45) is 0 Å². The van der Waals surface area contributed by atoms with E-state index in [4.69, 9.17) is 0 Å². The molecule has 0 aromatic carbocycles. The van der Waals surface area contributed by atoms with Gasteiger partial charge in [-0.05, 0) is 6.26 Å². The molecule has 12 heavy (non-hydrogen) atoms. The summed E-state index contributed by atoms with van der Waals surface area (Å²) in [4.78, 5) is 14.6. The maximum absolute atomic E-state index is 10.7. The Balaban J connectivity index is 2.58. The van der Waals surface area contributed by atoms with Gasteiger partial charge < -0.3 is 4.74 Å². The van der Waals surface area contributed by atoms with Crippen LogP contribution in [0, 0.1) is 0 Å². The highest BCUT2D eigenvalue weighted by atomic mass is 32.2. The third kappa shape index (κ3) is 2.12. The van der Waals surface area contributed by atoms with Gasteiger partial charge in [-0.25, -0.2) is 9.89 Å². The number of thioether (sulfide) groups is 1. The molecule has 1 aromatic rings. The Labute approximate surface area is 73.1 Å². The molecular weight excluding hydrogens is 180 g/mol. The van der Waals surface area contributed by atoms with Crippen molar-refractivity contribution in [3.8, 4) is 0 Å². The molecule has 0 atom stereocenters. The normalized spacial score (nSPS) is 9.50. The number of carbonyl (C=O) groups is 1. The van der Waals surface area contributed by atoms with Gasteiger partial charge in [0.1, 0.15) is 0 Å². The van der Waals surface area contributed by atoms with Crippen LogP contribution in [0.15, 0.2) is 5.16 Å². The van der Waals surface area contributed by atoms with Crippen LogP contribution in [0.5, 0.6) is 0 Å². The molecule has 7 heteroatoms. The quantitative estimate of drug-likeness (QED) is 0.668. The number of rotatable bonds is 2. The van der Waals surface area contributed by atoms with E-state index < -0.39 is 6.09 Å². The lowest BCUT2D eigenvalue weighted by Crippen LogP contribution is -2.11. The number of nitrogens with zero attached hydrogens (tertiary/aromatic N) is 2. The molecule has 0 saturated carbocycles. The van der Waals surface area contributed by atoms with E-state index in [0.29, 0.717) is 5.16 Å². The number of nitrogens with one attached hydrogen (secondary N) is 2. The van der Waals surface area contributed by atoms with Crippen molar-refractivity contribution in [3.63, 3.8) is 0 Å². The lowest BCUT2D eigenvalue weighted by atomic mass is 10.9. The summed E-state index contributed by atoms with van der Waals surface area (Å²) < 4.78 is 4.35. The lowest BCUT2D eigenvalue weighted by Gasteiger charge is -1.96. The number of carbonyl (C=O) groups excluding carboxylic acids is 1. The summed E-state index contributed by atoms with van der Waals surface area (Å²) in [7, 11) is 1.28. The van der Waals surface area contributed by atoms with E-state index in [0.717, 1.165) is 0 Å². The lowest BCUT2D eigenvalue weighted by molar-refractivity contribution is 0.186. The Morgan fingerprint density at radius 1 is 1.75 bits per heavy atom. The van der Waals surface area contributed by atoms with Crippen LogP contribution in [0.2, 0.25) is 0 Å². The highest BCUT2D eigenvalue weighted by Crippen LogP contribution is 2.09. The summed E-state index contributed by atoms with van der Waals surface area (Å²) in [5, 5.41) is 9.22. The second-order valence-corrected chi connectivity index (χ2v) is 2.56. The summed E-state index contributed by atoms with van der Waals surface area (Å²) in [6, 6.07) is 0. The molecule has 0 spiro atoms. The minimum Gasteiger partial charge on any atom is -0.453 e. The molecule has 0 saturated heterocycles. The molecule has 0 aliphatic carbocycles. The number of H-pyrrole nitrogens is 1. The van der Waals surface area contributed by atoms with Crippen LogP contribution in [0.3, 0.4) is 0 Å². The zero-order valence-corrected chi connectivity index (χ0v) is 7.44. The first kappa shape index (κ1) is 8.85. The zero-order valence-electron chi connectivity index (χ0n) is 6.62. The summed E-state index contributed by atoms with van der Waals surface area (Å²) in [6.45, 7) is 0. The Morgan fingerprint density at radius 3 is 3.00 bits per heavy atom. The van der Waals surface area contributed by atoms with Gasteiger partial charge in [0, 0.05) is 0 Å². The number of hydrogen-bond donors (Lipinski definition) is 2. The molecule has 6 nitrogen and oxygen atoms in total. The van der Waals surface area contributed by atoms with E-state index in [9.17, 15) is 4.79 Å². The number of ether oxygens (including phenoxy) is 1. The number of amides is 1. The predicted octanol–water partition coefficient (Wildman–Crippen LogP) is 0.705. The smallest absolute Gasteiger partial charge is 0.413 e. The van der Waals surface area contributed by atoms with Gasteiger partial charge in [-0.2, -0.15) is 4.98 Å². The Hall–Kier alpha value is -1.24. The van der Waals surface area contributed by atoms with E-state index >= 15 is 0 Å². The monoisotopic (exact) mass is 188 g/mol. The molecule has 0 bridgehead atoms. The largest absolute Gasteiger partial charge is 0.453 e. The second-order valence-electron chi connectivity index (χ2n) is 1.79. The standard InChI is InChI=1S/C5H8N4O2S/c1-11-5(10)7-3-6-4(12-2)9-8-3/h1-2H3,(H2,6,7,8,9,10). The van der Waals surface area contributed by atoms with Crippen LogP contribution in [0.4, 0.5) is 10.7 Å². The summed E-state index contributed by atoms with van der Waals surface area (Å²) in [5.74, 6) is 0.284. The summed E-state index contributed by atoms with van der Waals surface area (Å²) >= 11 is 1.38. The van der Waals surface area contributed by atoms with E-state index in [1.807, 2.05) is 6.26 Å². The van der Waals surface area contributed by atoms with Crippen molar-refractivity contribution >= 4 is 23.8 Å². The maximum Gasteiger partial charge on any atom is 0.413 e. The first-order chi connectivity index (χ1) is 5.76. The average molecular weight is 188 g/mol. The van der Waals surface area contributed by atoms with E-state index in [1.165, 1.54) is 18.9 Å². The third-order valence-electron chi connectivity index (χ3n) is 1.05. The molecule has 0 aliphatic heterocycles. The van der Waals surface area contributed by atoms with Crippen molar-refractivity contribution in [3.05, 3.63) is 0 Å². The molecule has 0 fully saturated rings. The van der Waals surface area contributed by atoms with Crippen molar-refractivity contribution in [1.29, 1.82) is 0 Å². The number of hydrogen-bond acceptors (Lipinski definition) is 5. The topological polar surface area (TPSA) is 79.9 Å². The van der Waals surface area contributed by atoms with Gasteiger partial charge in [0.05, 0.1) is 7.11 Å². The van der Waals surface area contributed by atoms with E-state index in [2.05, 4.69) is 25.2 Å².